The van der Waals surface area contributed by atoms with Gasteiger partial charge in [-0.15, -0.1) is 0 Å². The number of nitrogens with two attached hydrogens (primary N) is 1. The van der Waals surface area contributed by atoms with Gasteiger partial charge >= 0.3 is 0 Å². The number of aryl methyl sites for hydroxylation is 2. The number of benzene rings is 1. The Morgan fingerprint density at radius 3 is 2.55 bits per heavy atom. The van der Waals surface area contributed by atoms with E-state index in [2.05, 4.69) is 26.1 Å². The maximum atomic E-state index is 9.90. The topological polar surface area (TPSA) is 120 Å². The van der Waals surface area contributed by atoms with Crippen LogP contribution in [0.5, 0.6) is 5.88 Å². The number of ether oxygens (including phenoxy) is 1. The molecule has 1 aromatic carbocycles. The highest BCUT2D eigenvalue weighted by atomic mass is 16.5. The summed E-state index contributed by atoms with van der Waals surface area (Å²) < 4.78 is 9.41. The van der Waals surface area contributed by atoms with E-state index in [0.29, 0.717) is 17.1 Å². The maximum absolute atomic E-state index is 9.90. The van der Waals surface area contributed by atoms with Gasteiger partial charge in [-0.3, -0.25) is 0 Å². The van der Waals surface area contributed by atoms with Crippen LogP contribution in [0.4, 0.5) is 0 Å². The number of fused-ring (bicyclic) bond motifs is 1. The zero-order valence-electron chi connectivity index (χ0n) is 16.9. The van der Waals surface area contributed by atoms with Crippen molar-refractivity contribution in [3.05, 3.63) is 83.8 Å². The molecule has 0 aliphatic carbocycles. The van der Waals surface area contributed by atoms with Gasteiger partial charge in [0.1, 0.15) is 29.5 Å². The normalized spacial score (nSPS) is 15.3. The summed E-state index contributed by atoms with van der Waals surface area (Å²) in [6.07, 6.45) is 8.50. The van der Waals surface area contributed by atoms with Crippen molar-refractivity contribution in [2.75, 3.05) is 0 Å². The van der Waals surface area contributed by atoms with Gasteiger partial charge in [0.25, 0.3) is 0 Å². The van der Waals surface area contributed by atoms with Crippen LogP contribution in [0.2, 0.25) is 0 Å². The van der Waals surface area contributed by atoms with E-state index >= 15 is 0 Å². The Kier molecular flexibility index (Phi) is 4.26. The molecule has 31 heavy (non-hydrogen) atoms. The lowest BCUT2D eigenvalue weighted by Gasteiger charge is -2.25. The largest absolute Gasteiger partial charge is 0.422 e. The first-order chi connectivity index (χ1) is 15.1. The quantitative estimate of drug-likeness (QED) is 0.551. The Morgan fingerprint density at radius 2 is 1.90 bits per heavy atom. The van der Waals surface area contributed by atoms with Gasteiger partial charge in [0, 0.05) is 43.1 Å². The third kappa shape index (κ3) is 2.93. The molecule has 1 aliphatic rings. The zero-order valence-corrected chi connectivity index (χ0v) is 16.9. The minimum atomic E-state index is -0.435. The van der Waals surface area contributed by atoms with Crippen molar-refractivity contribution < 1.29 is 4.74 Å². The first kappa shape index (κ1) is 18.6. The van der Waals surface area contributed by atoms with E-state index in [1.165, 1.54) is 6.33 Å². The molecule has 4 aromatic rings. The lowest BCUT2D eigenvalue weighted by atomic mass is 9.83. The number of nitrogens with zero attached hydrogens (tertiary/aromatic N) is 7. The van der Waals surface area contributed by atoms with Crippen molar-refractivity contribution in [2.45, 2.75) is 12.8 Å². The molecule has 0 fully saturated rings. The Labute approximate surface area is 178 Å². The zero-order chi connectivity index (χ0) is 21.5. The van der Waals surface area contributed by atoms with Crippen LogP contribution in [0.1, 0.15) is 22.9 Å². The molecule has 152 valence electrons. The number of aromatic nitrogens is 6. The molecule has 0 bridgehead atoms. The maximum Gasteiger partial charge on any atom is 0.224 e. The minimum absolute atomic E-state index is 0.0772. The van der Waals surface area contributed by atoms with E-state index in [9.17, 15) is 5.26 Å². The van der Waals surface area contributed by atoms with Crippen molar-refractivity contribution in [3.8, 4) is 28.9 Å². The number of imidazole rings is 1. The highest BCUT2D eigenvalue weighted by Crippen LogP contribution is 2.46. The molecule has 9 nitrogen and oxygen atoms in total. The van der Waals surface area contributed by atoms with Gasteiger partial charge in [0.05, 0.1) is 11.5 Å². The second-order valence-electron chi connectivity index (χ2n) is 7.18. The molecule has 1 aliphatic heterocycles. The second-order valence-corrected chi connectivity index (χ2v) is 7.18. The van der Waals surface area contributed by atoms with Crippen LogP contribution in [0.25, 0.3) is 16.9 Å². The molecule has 9 heteroatoms. The van der Waals surface area contributed by atoms with Crippen molar-refractivity contribution >= 4 is 0 Å². The number of rotatable bonds is 3. The molecule has 5 rings (SSSR count). The number of allylic oxidation sites excluding steroid dienone is 1. The molecule has 0 spiro atoms. The Hall–Kier alpha value is -4.45. The van der Waals surface area contributed by atoms with Crippen LogP contribution in [0, 0.1) is 18.3 Å². The summed E-state index contributed by atoms with van der Waals surface area (Å²) >= 11 is 0. The summed E-state index contributed by atoms with van der Waals surface area (Å²) in [5, 5.41) is 14.5. The van der Waals surface area contributed by atoms with Gasteiger partial charge in [0.2, 0.25) is 11.8 Å². The van der Waals surface area contributed by atoms with Gasteiger partial charge in [0.15, 0.2) is 0 Å². The standard InChI is InChI=1S/C22H18N8O/c1-13-27-7-8-30(13)16-5-3-14(4-6-16)18-17(9-23)21(24)31-22-19(18)20(28-29(22)2)15-10-25-12-26-11-15/h3-8,10-12,18H,24H2,1-2H3. The Bertz CT molecular complexity index is 1340. The molecular formula is C22H18N8O. The van der Waals surface area contributed by atoms with Crippen molar-refractivity contribution in [1.82, 2.24) is 29.3 Å². The second kappa shape index (κ2) is 7.11. The van der Waals surface area contributed by atoms with Gasteiger partial charge in [-0.1, -0.05) is 12.1 Å². The van der Waals surface area contributed by atoms with Gasteiger partial charge in [-0.25, -0.2) is 19.6 Å². The van der Waals surface area contributed by atoms with E-state index < -0.39 is 5.92 Å². The molecule has 4 heterocycles. The molecule has 1 atom stereocenters. The molecule has 2 N–H and O–H groups in total. The Morgan fingerprint density at radius 1 is 1.16 bits per heavy atom. The van der Waals surface area contributed by atoms with E-state index in [0.717, 1.165) is 28.2 Å². The number of nitriles is 1. The fraction of sp³-hybridized carbons (Fsp3) is 0.136. The summed E-state index contributed by atoms with van der Waals surface area (Å²) in [5.41, 5.74) is 10.5. The fourth-order valence-corrected chi connectivity index (χ4v) is 3.92. The fourth-order valence-electron chi connectivity index (χ4n) is 3.92. The average Bonchev–Trinajstić information content (AvgIpc) is 3.37. The van der Waals surface area contributed by atoms with E-state index in [1.54, 1.807) is 30.3 Å². The number of hydrogen-bond donors (Lipinski definition) is 1. The van der Waals surface area contributed by atoms with Crippen LogP contribution in [-0.2, 0) is 7.05 Å². The summed E-state index contributed by atoms with van der Waals surface area (Å²) in [4.78, 5) is 12.5. The summed E-state index contributed by atoms with van der Waals surface area (Å²) in [7, 11) is 1.78. The van der Waals surface area contributed by atoms with Gasteiger partial charge < -0.3 is 15.0 Å². The molecule has 0 saturated carbocycles. The van der Waals surface area contributed by atoms with Crippen LogP contribution < -0.4 is 10.5 Å². The minimum Gasteiger partial charge on any atom is -0.422 e. The molecular weight excluding hydrogens is 392 g/mol. The average molecular weight is 410 g/mol. The number of hydrogen-bond acceptors (Lipinski definition) is 7. The molecule has 3 aromatic heterocycles. The molecule has 0 radical (unpaired) electrons. The lowest BCUT2D eigenvalue weighted by Crippen LogP contribution is -2.21. The van der Waals surface area contributed by atoms with Crippen molar-refractivity contribution in [2.24, 2.45) is 12.8 Å². The van der Waals surface area contributed by atoms with Gasteiger partial charge in [-0.2, -0.15) is 10.4 Å². The van der Waals surface area contributed by atoms with Crippen LogP contribution in [0.15, 0.2) is 66.8 Å². The summed E-state index contributed by atoms with van der Waals surface area (Å²) in [5.74, 6) is 1.03. The highest BCUT2D eigenvalue weighted by molar-refractivity contribution is 5.70. The predicted octanol–water partition coefficient (Wildman–Crippen LogP) is 2.59. The molecule has 0 saturated heterocycles. The van der Waals surface area contributed by atoms with Crippen LogP contribution >= 0.6 is 0 Å². The van der Waals surface area contributed by atoms with Gasteiger partial charge in [-0.05, 0) is 24.6 Å². The van der Waals surface area contributed by atoms with Crippen LogP contribution in [-0.4, -0.2) is 29.3 Å². The third-order valence-corrected chi connectivity index (χ3v) is 5.36. The van der Waals surface area contributed by atoms with Crippen LogP contribution in [0.3, 0.4) is 0 Å². The monoisotopic (exact) mass is 410 g/mol. The first-order valence-corrected chi connectivity index (χ1v) is 9.58. The van der Waals surface area contributed by atoms with Crippen molar-refractivity contribution in [3.63, 3.8) is 0 Å². The summed E-state index contributed by atoms with van der Waals surface area (Å²) in [6, 6.07) is 10.2. The van der Waals surface area contributed by atoms with Crippen molar-refractivity contribution in [1.29, 1.82) is 5.26 Å². The van der Waals surface area contributed by atoms with E-state index in [-0.39, 0.29) is 5.88 Å². The molecule has 0 amide bonds. The highest BCUT2D eigenvalue weighted by Gasteiger charge is 2.36. The SMILES string of the molecule is Cc1nccn1-c1ccc(C2C(C#N)=C(N)Oc3c2c(-c2cncnc2)nn3C)cc1. The third-order valence-electron chi connectivity index (χ3n) is 5.36. The predicted molar refractivity (Wildman–Crippen MR) is 112 cm³/mol. The Balaban J connectivity index is 1.68. The van der Waals surface area contributed by atoms with E-state index in [4.69, 9.17) is 10.5 Å². The van der Waals surface area contributed by atoms with E-state index in [1.807, 2.05) is 42.0 Å². The molecule has 1 unspecified atom stereocenters. The summed E-state index contributed by atoms with van der Waals surface area (Å²) in [6.45, 7) is 1.94. The smallest absolute Gasteiger partial charge is 0.224 e. The lowest BCUT2D eigenvalue weighted by molar-refractivity contribution is 0.358. The first-order valence-electron chi connectivity index (χ1n) is 9.58.